The lowest BCUT2D eigenvalue weighted by Gasteiger charge is -2.44. The van der Waals surface area contributed by atoms with Gasteiger partial charge in [0.2, 0.25) is 11.8 Å². The number of benzene rings is 3. The number of rotatable bonds is 2. The molecular formula is C29H29N3O2. The number of para-hydroxylation sites is 1. The zero-order chi connectivity index (χ0) is 23.1. The Morgan fingerprint density at radius 1 is 0.824 bits per heavy atom. The number of likely N-dealkylation sites (tertiary alicyclic amines) is 1. The highest BCUT2D eigenvalue weighted by molar-refractivity contribution is 5.94. The zero-order valence-electron chi connectivity index (χ0n) is 19.2. The van der Waals surface area contributed by atoms with E-state index in [1.807, 2.05) is 29.2 Å². The quantitative estimate of drug-likeness (QED) is 0.644. The Morgan fingerprint density at radius 2 is 1.47 bits per heavy atom. The summed E-state index contributed by atoms with van der Waals surface area (Å²) in [6.07, 6.45) is 2.88. The molecule has 1 unspecified atom stereocenters. The molecule has 2 aliphatic heterocycles. The monoisotopic (exact) mass is 451 g/mol. The molecule has 6 rings (SSSR count). The van der Waals surface area contributed by atoms with Crippen molar-refractivity contribution in [3.05, 3.63) is 101 Å². The first kappa shape index (κ1) is 21.0. The molecule has 0 bridgehead atoms. The second-order valence-corrected chi connectivity index (χ2v) is 9.69. The summed E-state index contributed by atoms with van der Waals surface area (Å²) in [6, 6.07) is 27.0. The van der Waals surface area contributed by atoms with Crippen LogP contribution in [-0.2, 0) is 22.4 Å². The number of hydrogen-bond acceptors (Lipinski definition) is 3. The summed E-state index contributed by atoms with van der Waals surface area (Å²) in [5.41, 5.74) is 5.43. The first-order chi connectivity index (χ1) is 16.7. The Balaban J connectivity index is 1.26. The summed E-state index contributed by atoms with van der Waals surface area (Å²) in [7, 11) is 0. The normalized spacial score (nSPS) is 20.9. The first-order valence-electron chi connectivity index (χ1n) is 12.2. The molecule has 2 amide bonds. The molecule has 172 valence electrons. The van der Waals surface area contributed by atoms with Crippen molar-refractivity contribution >= 4 is 17.5 Å². The Morgan fingerprint density at radius 3 is 2.24 bits per heavy atom. The van der Waals surface area contributed by atoms with Crippen molar-refractivity contribution in [3.63, 3.8) is 0 Å². The molecule has 1 spiro atoms. The highest BCUT2D eigenvalue weighted by Gasteiger charge is 2.51. The minimum atomic E-state index is -0.577. The number of piperidine rings is 1. The maximum Gasteiger partial charge on any atom is 0.247 e. The molecule has 2 saturated heterocycles. The van der Waals surface area contributed by atoms with Crippen LogP contribution < -0.4 is 10.2 Å². The van der Waals surface area contributed by atoms with Gasteiger partial charge in [0.05, 0.1) is 12.6 Å². The third-order valence-electron chi connectivity index (χ3n) is 7.96. The number of anilines is 1. The molecule has 3 aliphatic rings. The molecular weight excluding hydrogens is 422 g/mol. The Hall–Kier alpha value is -3.60. The number of carbonyl (C=O) groups excluding carboxylic acids is 2. The van der Waals surface area contributed by atoms with E-state index < -0.39 is 5.54 Å². The zero-order valence-corrected chi connectivity index (χ0v) is 19.2. The molecule has 5 heteroatoms. The number of nitrogens with zero attached hydrogens (tertiary/aromatic N) is 2. The third-order valence-corrected chi connectivity index (χ3v) is 7.96. The molecule has 1 N–H and O–H groups in total. The van der Waals surface area contributed by atoms with Crippen molar-refractivity contribution in [1.82, 2.24) is 10.2 Å². The van der Waals surface area contributed by atoms with Gasteiger partial charge in [-0.2, -0.15) is 0 Å². The van der Waals surface area contributed by atoms with E-state index in [0.717, 1.165) is 24.1 Å². The maximum absolute atomic E-state index is 13.9. The molecule has 0 aromatic heterocycles. The van der Waals surface area contributed by atoms with Gasteiger partial charge in [-0.3, -0.25) is 9.59 Å². The molecule has 3 aromatic rings. The summed E-state index contributed by atoms with van der Waals surface area (Å²) in [6.45, 7) is 1.70. The van der Waals surface area contributed by atoms with Crippen LogP contribution in [0.2, 0.25) is 0 Å². The number of carbonyl (C=O) groups is 2. The van der Waals surface area contributed by atoms with E-state index in [9.17, 15) is 9.59 Å². The van der Waals surface area contributed by atoms with E-state index in [0.29, 0.717) is 32.6 Å². The van der Waals surface area contributed by atoms with Crippen LogP contribution in [0.4, 0.5) is 5.69 Å². The standard InChI is InChI=1S/C29H29N3O2/c33-27(26-19-22-9-5-4-8-21(22)18-23-10-6-7-13-25(23)26)31-16-14-29(15-17-31)28(34)30-20-32(29)24-11-2-1-3-12-24/h1-13,26H,14-20H2,(H,30,34). The van der Waals surface area contributed by atoms with Crippen LogP contribution in [0.1, 0.15) is 41.0 Å². The van der Waals surface area contributed by atoms with E-state index >= 15 is 0 Å². The van der Waals surface area contributed by atoms with Gasteiger partial charge in [-0.1, -0.05) is 66.7 Å². The summed E-state index contributed by atoms with van der Waals surface area (Å²) < 4.78 is 0. The second-order valence-electron chi connectivity index (χ2n) is 9.69. The molecule has 0 radical (unpaired) electrons. The Labute approximate surface area is 200 Å². The highest BCUT2D eigenvalue weighted by Crippen LogP contribution is 2.38. The van der Waals surface area contributed by atoms with Gasteiger partial charge >= 0.3 is 0 Å². The SMILES string of the molecule is O=C(C1Cc2ccccc2Cc2ccccc21)N1CCC2(CC1)C(=O)NCN2c1ccccc1. The largest absolute Gasteiger partial charge is 0.342 e. The van der Waals surface area contributed by atoms with E-state index in [-0.39, 0.29) is 17.7 Å². The fraction of sp³-hybridized carbons (Fsp3) is 0.310. The fourth-order valence-electron chi connectivity index (χ4n) is 6.07. The van der Waals surface area contributed by atoms with Crippen molar-refractivity contribution in [2.75, 3.05) is 24.7 Å². The van der Waals surface area contributed by atoms with Crippen LogP contribution in [-0.4, -0.2) is 42.0 Å². The third kappa shape index (κ3) is 3.38. The Kier molecular flexibility index (Phi) is 5.13. The predicted molar refractivity (Wildman–Crippen MR) is 133 cm³/mol. The average Bonchev–Trinajstić information content (AvgIpc) is 3.09. The van der Waals surface area contributed by atoms with Crippen LogP contribution in [0.5, 0.6) is 0 Å². The lowest BCUT2D eigenvalue weighted by molar-refractivity contribution is -0.136. The van der Waals surface area contributed by atoms with Gasteiger partial charge in [0, 0.05) is 18.8 Å². The van der Waals surface area contributed by atoms with Gasteiger partial charge in [0.15, 0.2) is 0 Å². The molecule has 2 heterocycles. The Bertz CT molecular complexity index is 1230. The van der Waals surface area contributed by atoms with Gasteiger partial charge in [-0.25, -0.2) is 0 Å². The molecule has 5 nitrogen and oxygen atoms in total. The van der Waals surface area contributed by atoms with Gasteiger partial charge in [0.25, 0.3) is 0 Å². The number of amides is 2. The summed E-state index contributed by atoms with van der Waals surface area (Å²) in [5, 5.41) is 3.05. The van der Waals surface area contributed by atoms with E-state index in [1.54, 1.807) is 0 Å². The van der Waals surface area contributed by atoms with Crippen LogP contribution >= 0.6 is 0 Å². The van der Waals surface area contributed by atoms with Crippen LogP contribution in [0.15, 0.2) is 78.9 Å². The van der Waals surface area contributed by atoms with E-state index in [2.05, 4.69) is 64.8 Å². The van der Waals surface area contributed by atoms with Crippen molar-refractivity contribution < 1.29 is 9.59 Å². The maximum atomic E-state index is 13.9. The smallest absolute Gasteiger partial charge is 0.247 e. The minimum Gasteiger partial charge on any atom is -0.342 e. The van der Waals surface area contributed by atoms with E-state index in [4.69, 9.17) is 0 Å². The first-order valence-corrected chi connectivity index (χ1v) is 12.2. The topological polar surface area (TPSA) is 52.7 Å². The second kappa shape index (κ2) is 8.32. The molecule has 34 heavy (non-hydrogen) atoms. The van der Waals surface area contributed by atoms with Crippen LogP contribution in [0.25, 0.3) is 0 Å². The minimum absolute atomic E-state index is 0.0807. The van der Waals surface area contributed by atoms with Gasteiger partial charge in [-0.15, -0.1) is 0 Å². The average molecular weight is 452 g/mol. The highest BCUT2D eigenvalue weighted by atomic mass is 16.2. The number of nitrogens with one attached hydrogen (secondary N) is 1. The number of hydrogen-bond donors (Lipinski definition) is 1. The lowest BCUT2D eigenvalue weighted by Crippen LogP contribution is -2.57. The van der Waals surface area contributed by atoms with Crippen molar-refractivity contribution in [3.8, 4) is 0 Å². The summed E-state index contributed by atoms with van der Waals surface area (Å²) >= 11 is 0. The molecule has 1 aliphatic carbocycles. The lowest BCUT2D eigenvalue weighted by atomic mass is 9.84. The molecule has 2 fully saturated rings. The molecule has 1 atom stereocenters. The van der Waals surface area contributed by atoms with Crippen molar-refractivity contribution in [2.45, 2.75) is 37.1 Å². The van der Waals surface area contributed by atoms with Gasteiger partial charge < -0.3 is 15.1 Å². The predicted octanol–water partition coefficient (Wildman–Crippen LogP) is 3.87. The van der Waals surface area contributed by atoms with Crippen molar-refractivity contribution in [2.24, 2.45) is 0 Å². The summed E-state index contributed by atoms with van der Waals surface area (Å²) in [4.78, 5) is 31.1. The number of fused-ring (bicyclic) bond motifs is 2. The van der Waals surface area contributed by atoms with Crippen LogP contribution in [0.3, 0.4) is 0 Å². The van der Waals surface area contributed by atoms with Gasteiger partial charge in [-0.05, 0) is 60.1 Å². The van der Waals surface area contributed by atoms with Gasteiger partial charge in [0.1, 0.15) is 5.54 Å². The summed E-state index contributed by atoms with van der Waals surface area (Å²) in [5.74, 6) is 0.0809. The molecule has 0 saturated carbocycles. The fourth-order valence-corrected chi connectivity index (χ4v) is 6.07. The van der Waals surface area contributed by atoms with Crippen molar-refractivity contribution in [1.29, 1.82) is 0 Å². The van der Waals surface area contributed by atoms with Crippen LogP contribution in [0, 0.1) is 0 Å². The molecule has 3 aromatic carbocycles. The van der Waals surface area contributed by atoms with E-state index in [1.165, 1.54) is 16.7 Å².